The molecule has 3 rings (SSSR count). The van der Waals surface area contributed by atoms with Crippen molar-refractivity contribution < 1.29 is 4.39 Å². The highest BCUT2D eigenvalue weighted by molar-refractivity contribution is 5.23. The van der Waals surface area contributed by atoms with Crippen molar-refractivity contribution in [2.45, 2.75) is 37.8 Å². The van der Waals surface area contributed by atoms with E-state index < -0.39 is 0 Å². The molecule has 1 aliphatic rings. The van der Waals surface area contributed by atoms with Gasteiger partial charge < -0.3 is 9.88 Å². The molecule has 1 atom stereocenters. The number of hydrogen-bond donors (Lipinski definition) is 1. The Hall–Kier alpha value is -1.75. The second-order valence-corrected chi connectivity index (χ2v) is 5.61. The van der Waals surface area contributed by atoms with E-state index in [1.807, 2.05) is 17.7 Å². The largest absolute Gasteiger partial charge is 0.319 e. The average molecular weight is 274 g/mol. The molecule has 2 aromatic rings. The van der Waals surface area contributed by atoms with Crippen LogP contribution in [-0.4, -0.2) is 20.8 Å². The minimum absolute atomic E-state index is 0.147. The van der Waals surface area contributed by atoms with Crippen LogP contribution in [0.15, 0.2) is 30.6 Å². The normalized spacial score (nSPS) is 23.4. The van der Waals surface area contributed by atoms with Crippen LogP contribution in [-0.2, 0) is 7.05 Å². The van der Waals surface area contributed by atoms with Crippen molar-refractivity contribution in [2.75, 3.05) is 0 Å². The van der Waals surface area contributed by atoms with Crippen LogP contribution in [0.5, 0.6) is 0 Å². The summed E-state index contributed by atoms with van der Waals surface area (Å²) in [6.45, 7) is 2.10. The molecule has 4 nitrogen and oxygen atoms in total. The standard InChI is InChI=1S/C15H19FN4/c1-10(15-19-17-9-20(15)2)18-14-7-12(8-14)11-4-3-5-13(16)6-11/h3-6,9-10,12,14,18H,7-8H2,1-2H3. The maximum atomic E-state index is 13.2. The fraction of sp³-hybridized carbons (Fsp3) is 0.467. The van der Waals surface area contributed by atoms with E-state index in [-0.39, 0.29) is 11.9 Å². The predicted octanol–water partition coefficient (Wildman–Crippen LogP) is 2.55. The number of nitrogens with one attached hydrogen (secondary N) is 1. The maximum absolute atomic E-state index is 13.2. The van der Waals surface area contributed by atoms with Crippen LogP contribution in [0.3, 0.4) is 0 Å². The van der Waals surface area contributed by atoms with E-state index in [4.69, 9.17) is 0 Å². The number of benzene rings is 1. The summed E-state index contributed by atoms with van der Waals surface area (Å²) < 4.78 is 15.1. The monoisotopic (exact) mass is 274 g/mol. The Bertz CT molecular complexity index is 589. The first-order chi connectivity index (χ1) is 9.63. The van der Waals surface area contributed by atoms with Gasteiger partial charge in [-0.05, 0) is 43.4 Å². The Labute approximate surface area is 118 Å². The van der Waals surface area contributed by atoms with Gasteiger partial charge in [0.2, 0.25) is 0 Å². The van der Waals surface area contributed by atoms with E-state index in [9.17, 15) is 4.39 Å². The molecule has 0 amide bonds. The second kappa shape index (κ2) is 5.32. The van der Waals surface area contributed by atoms with Crippen molar-refractivity contribution in [2.24, 2.45) is 7.05 Å². The summed E-state index contributed by atoms with van der Waals surface area (Å²) in [4.78, 5) is 0. The van der Waals surface area contributed by atoms with Gasteiger partial charge in [-0.25, -0.2) is 4.39 Å². The minimum atomic E-state index is -0.147. The zero-order chi connectivity index (χ0) is 14.1. The Balaban J connectivity index is 1.55. The van der Waals surface area contributed by atoms with E-state index >= 15 is 0 Å². The number of halogens is 1. The van der Waals surface area contributed by atoms with E-state index in [2.05, 4.69) is 22.4 Å². The predicted molar refractivity (Wildman–Crippen MR) is 74.7 cm³/mol. The van der Waals surface area contributed by atoms with Crippen LogP contribution < -0.4 is 5.32 Å². The summed E-state index contributed by atoms with van der Waals surface area (Å²) in [7, 11) is 1.95. The number of aryl methyl sites for hydroxylation is 1. The zero-order valence-corrected chi connectivity index (χ0v) is 11.8. The van der Waals surface area contributed by atoms with Crippen LogP contribution in [0.2, 0.25) is 0 Å². The third-order valence-electron chi connectivity index (χ3n) is 4.08. The molecule has 0 spiro atoms. The summed E-state index contributed by atoms with van der Waals surface area (Å²) in [6, 6.07) is 7.58. The van der Waals surface area contributed by atoms with Crippen LogP contribution >= 0.6 is 0 Å². The maximum Gasteiger partial charge on any atom is 0.149 e. The van der Waals surface area contributed by atoms with Crippen molar-refractivity contribution >= 4 is 0 Å². The van der Waals surface area contributed by atoms with Gasteiger partial charge in [0.05, 0.1) is 6.04 Å². The average Bonchev–Trinajstić information content (AvgIpc) is 2.79. The van der Waals surface area contributed by atoms with Crippen LogP contribution in [0.25, 0.3) is 0 Å². The molecule has 1 aromatic carbocycles. The van der Waals surface area contributed by atoms with Gasteiger partial charge in [-0.2, -0.15) is 0 Å². The lowest BCUT2D eigenvalue weighted by atomic mass is 9.75. The van der Waals surface area contributed by atoms with E-state index in [1.54, 1.807) is 18.5 Å². The van der Waals surface area contributed by atoms with Crippen LogP contribution in [0, 0.1) is 5.82 Å². The first-order valence-electron chi connectivity index (χ1n) is 6.99. The summed E-state index contributed by atoms with van der Waals surface area (Å²) in [5.74, 6) is 1.26. The number of rotatable bonds is 4. The molecule has 5 heteroatoms. The molecule has 1 N–H and O–H groups in total. The Morgan fingerprint density at radius 1 is 1.40 bits per heavy atom. The molecule has 1 fully saturated rings. The Kier molecular flexibility index (Phi) is 3.53. The highest BCUT2D eigenvalue weighted by Gasteiger charge is 2.31. The molecular formula is C15H19FN4. The van der Waals surface area contributed by atoms with Gasteiger partial charge in [0.25, 0.3) is 0 Å². The number of nitrogens with zero attached hydrogens (tertiary/aromatic N) is 3. The third-order valence-corrected chi connectivity index (χ3v) is 4.08. The van der Waals surface area contributed by atoms with Gasteiger partial charge in [0, 0.05) is 13.1 Å². The van der Waals surface area contributed by atoms with E-state index in [0.717, 1.165) is 24.2 Å². The molecule has 1 aromatic heterocycles. The molecular weight excluding hydrogens is 255 g/mol. The van der Waals surface area contributed by atoms with E-state index in [1.165, 1.54) is 6.07 Å². The highest BCUT2D eigenvalue weighted by Crippen LogP contribution is 2.37. The quantitative estimate of drug-likeness (QED) is 0.931. The lowest BCUT2D eigenvalue weighted by Crippen LogP contribution is -2.41. The summed E-state index contributed by atoms with van der Waals surface area (Å²) in [5.41, 5.74) is 1.11. The summed E-state index contributed by atoms with van der Waals surface area (Å²) in [5, 5.41) is 11.6. The lowest BCUT2D eigenvalue weighted by molar-refractivity contribution is 0.265. The minimum Gasteiger partial charge on any atom is -0.319 e. The molecule has 0 aliphatic heterocycles. The molecule has 1 heterocycles. The van der Waals surface area contributed by atoms with E-state index in [0.29, 0.717) is 12.0 Å². The molecule has 1 aliphatic carbocycles. The summed E-state index contributed by atoms with van der Waals surface area (Å²) >= 11 is 0. The fourth-order valence-corrected chi connectivity index (χ4v) is 2.90. The van der Waals surface area contributed by atoms with Crippen molar-refractivity contribution in [1.82, 2.24) is 20.1 Å². The molecule has 1 unspecified atom stereocenters. The zero-order valence-electron chi connectivity index (χ0n) is 11.8. The lowest BCUT2D eigenvalue weighted by Gasteiger charge is -2.38. The topological polar surface area (TPSA) is 42.7 Å². The van der Waals surface area contributed by atoms with Gasteiger partial charge in [-0.15, -0.1) is 10.2 Å². The van der Waals surface area contributed by atoms with Crippen LogP contribution in [0.4, 0.5) is 4.39 Å². The van der Waals surface area contributed by atoms with Crippen molar-refractivity contribution in [3.63, 3.8) is 0 Å². The van der Waals surface area contributed by atoms with Gasteiger partial charge >= 0.3 is 0 Å². The molecule has 0 bridgehead atoms. The number of aromatic nitrogens is 3. The first-order valence-corrected chi connectivity index (χ1v) is 6.99. The SMILES string of the molecule is CC(NC1CC(c2cccc(F)c2)C1)c1nncn1C. The molecule has 1 saturated carbocycles. The molecule has 106 valence electrons. The second-order valence-electron chi connectivity index (χ2n) is 5.61. The highest BCUT2D eigenvalue weighted by atomic mass is 19.1. The Morgan fingerprint density at radius 2 is 2.20 bits per heavy atom. The molecule has 0 radical (unpaired) electrons. The van der Waals surface area contributed by atoms with Gasteiger partial charge in [0.1, 0.15) is 18.0 Å². The van der Waals surface area contributed by atoms with Gasteiger partial charge in [-0.1, -0.05) is 12.1 Å². The summed E-state index contributed by atoms with van der Waals surface area (Å²) in [6.07, 6.45) is 3.81. The number of hydrogen-bond acceptors (Lipinski definition) is 3. The van der Waals surface area contributed by atoms with Gasteiger partial charge in [0.15, 0.2) is 0 Å². The van der Waals surface area contributed by atoms with Crippen LogP contribution in [0.1, 0.15) is 43.1 Å². The third kappa shape index (κ3) is 2.58. The van der Waals surface area contributed by atoms with Crippen molar-refractivity contribution in [1.29, 1.82) is 0 Å². The molecule has 20 heavy (non-hydrogen) atoms. The fourth-order valence-electron chi connectivity index (χ4n) is 2.90. The van der Waals surface area contributed by atoms with Crippen molar-refractivity contribution in [3.05, 3.63) is 47.8 Å². The van der Waals surface area contributed by atoms with Gasteiger partial charge in [-0.3, -0.25) is 0 Å². The van der Waals surface area contributed by atoms with Crippen molar-refractivity contribution in [3.8, 4) is 0 Å². The smallest absolute Gasteiger partial charge is 0.149 e. The first kappa shape index (κ1) is 13.2. The Morgan fingerprint density at radius 3 is 2.85 bits per heavy atom. The molecule has 0 saturated heterocycles.